The SMILES string of the molecule is CN(C)c1ccc(C=CC(=O)N2CCCCCC2)cc1. The third-order valence-electron chi connectivity index (χ3n) is 3.75. The van der Waals surface area contributed by atoms with Gasteiger partial charge in [-0.2, -0.15) is 0 Å². The molecule has 0 aromatic heterocycles. The van der Waals surface area contributed by atoms with Crippen LogP contribution in [0.5, 0.6) is 0 Å². The Morgan fingerprint density at radius 1 is 1.05 bits per heavy atom. The number of carbonyl (C=O) groups excluding carboxylic acids is 1. The number of nitrogens with zero attached hydrogens (tertiary/aromatic N) is 2. The van der Waals surface area contributed by atoms with Crippen molar-refractivity contribution in [3.8, 4) is 0 Å². The van der Waals surface area contributed by atoms with E-state index in [1.54, 1.807) is 6.08 Å². The van der Waals surface area contributed by atoms with E-state index in [4.69, 9.17) is 0 Å². The van der Waals surface area contributed by atoms with Crippen molar-refractivity contribution in [2.24, 2.45) is 0 Å². The van der Waals surface area contributed by atoms with Crippen molar-refractivity contribution in [1.29, 1.82) is 0 Å². The number of amides is 1. The third-order valence-corrected chi connectivity index (χ3v) is 3.75. The van der Waals surface area contributed by atoms with Crippen LogP contribution in [-0.2, 0) is 4.79 Å². The Bertz CT molecular complexity index is 454. The van der Waals surface area contributed by atoms with Gasteiger partial charge in [-0.3, -0.25) is 4.79 Å². The summed E-state index contributed by atoms with van der Waals surface area (Å²) in [5, 5.41) is 0. The lowest BCUT2D eigenvalue weighted by Crippen LogP contribution is -2.30. The second kappa shape index (κ2) is 7.13. The van der Waals surface area contributed by atoms with Crippen molar-refractivity contribution in [2.75, 3.05) is 32.1 Å². The van der Waals surface area contributed by atoms with Gasteiger partial charge >= 0.3 is 0 Å². The fourth-order valence-electron chi connectivity index (χ4n) is 2.45. The molecule has 1 saturated heterocycles. The minimum Gasteiger partial charge on any atom is -0.378 e. The molecule has 108 valence electrons. The summed E-state index contributed by atoms with van der Waals surface area (Å²) in [6.07, 6.45) is 8.38. The van der Waals surface area contributed by atoms with Crippen molar-refractivity contribution in [1.82, 2.24) is 4.90 Å². The number of hydrogen-bond donors (Lipinski definition) is 0. The van der Waals surface area contributed by atoms with Crippen molar-refractivity contribution in [3.05, 3.63) is 35.9 Å². The summed E-state index contributed by atoms with van der Waals surface area (Å²) in [6, 6.07) is 8.22. The first-order chi connectivity index (χ1) is 9.66. The molecule has 0 aliphatic carbocycles. The smallest absolute Gasteiger partial charge is 0.246 e. The second-order valence-electron chi connectivity index (χ2n) is 5.56. The molecule has 1 amide bonds. The van der Waals surface area contributed by atoms with E-state index in [0.717, 1.165) is 31.5 Å². The van der Waals surface area contributed by atoms with Crippen LogP contribution < -0.4 is 4.90 Å². The summed E-state index contributed by atoms with van der Waals surface area (Å²) < 4.78 is 0. The zero-order valence-corrected chi connectivity index (χ0v) is 12.5. The number of rotatable bonds is 3. The average molecular weight is 272 g/mol. The summed E-state index contributed by atoms with van der Waals surface area (Å²) in [7, 11) is 4.04. The van der Waals surface area contributed by atoms with Crippen molar-refractivity contribution in [3.63, 3.8) is 0 Å². The molecule has 0 atom stereocenters. The molecular formula is C17H24N2O. The van der Waals surface area contributed by atoms with Gasteiger partial charge < -0.3 is 9.80 Å². The monoisotopic (exact) mass is 272 g/mol. The average Bonchev–Trinajstić information content (AvgIpc) is 2.74. The molecule has 1 aliphatic heterocycles. The molecule has 1 fully saturated rings. The Kier molecular flexibility index (Phi) is 5.22. The van der Waals surface area contributed by atoms with Gasteiger partial charge in [-0.1, -0.05) is 25.0 Å². The molecule has 0 N–H and O–H groups in total. The molecule has 1 aliphatic rings. The van der Waals surface area contributed by atoms with Gasteiger partial charge in [-0.05, 0) is 36.6 Å². The number of anilines is 1. The molecule has 0 spiro atoms. The Labute approximate surface area is 121 Å². The molecular weight excluding hydrogens is 248 g/mol. The van der Waals surface area contributed by atoms with Crippen molar-refractivity contribution >= 4 is 17.7 Å². The lowest BCUT2D eigenvalue weighted by Gasteiger charge is -2.18. The van der Waals surface area contributed by atoms with E-state index >= 15 is 0 Å². The maximum absolute atomic E-state index is 12.1. The van der Waals surface area contributed by atoms with Crippen LogP contribution in [0, 0.1) is 0 Å². The highest BCUT2D eigenvalue weighted by Crippen LogP contribution is 2.14. The number of hydrogen-bond acceptors (Lipinski definition) is 2. The normalized spacial score (nSPS) is 16.2. The van der Waals surface area contributed by atoms with Crippen molar-refractivity contribution < 1.29 is 4.79 Å². The summed E-state index contributed by atoms with van der Waals surface area (Å²) >= 11 is 0. The highest BCUT2D eigenvalue weighted by molar-refractivity contribution is 5.91. The second-order valence-corrected chi connectivity index (χ2v) is 5.56. The largest absolute Gasteiger partial charge is 0.378 e. The van der Waals surface area contributed by atoms with Gasteiger partial charge in [-0.15, -0.1) is 0 Å². The van der Waals surface area contributed by atoms with E-state index in [-0.39, 0.29) is 5.91 Å². The highest BCUT2D eigenvalue weighted by atomic mass is 16.2. The zero-order valence-electron chi connectivity index (χ0n) is 12.5. The van der Waals surface area contributed by atoms with Gasteiger partial charge in [0.05, 0.1) is 0 Å². The van der Waals surface area contributed by atoms with Gasteiger partial charge in [0.1, 0.15) is 0 Å². The van der Waals surface area contributed by atoms with E-state index in [0.29, 0.717) is 0 Å². The zero-order chi connectivity index (χ0) is 14.4. The highest BCUT2D eigenvalue weighted by Gasteiger charge is 2.12. The third kappa shape index (κ3) is 4.12. The fourth-order valence-corrected chi connectivity index (χ4v) is 2.45. The van der Waals surface area contributed by atoms with Crippen molar-refractivity contribution in [2.45, 2.75) is 25.7 Å². The standard InChI is InChI=1S/C17H24N2O/c1-18(2)16-10-7-15(8-11-16)9-12-17(20)19-13-5-3-4-6-14-19/h7-12H,3-6,13-14H2,1-2H3. The predicted octanol–water partition coefficient (Wildman–Crippen LogP) is 3.17. The molecule has 1 aromatic carbocycles. The van der Waals surface area contributed by atoms with E-state index < -0.39 is 0 Å². The molecule has 20 heavy (non-hydrogen) atoms. The maximum atomic E-state index is 12.1. The Morgan fingerprint density at radius 3 is 2.20 bits per heavy atom. The number of likely N-dealkylation sites (tertiary alicyclic amines) is 1. The van der Waals surface area contributed by atoms with Crippen LogP contribution in [0.4, 0.5) is 5.69 Å². The minimum atomic E-state index is 0.142. The first-order valence-electron chi connectivity index (χ1n) is 7.41. The van der Waals surface area contributed by atoms with Crippen LogP contribution in [0.25, 0.3) is 6.08 Å². The molecule has 0 unspecified atom stereocenters. The van der Waals surface area contributed by atoms with Gasteiger partial charge in [-0.25, -0.2) is 0 Å². The molecule has 0 radical (unpaired) electrons. The lowest BCUT2D eigenvalue weighted by molar-refractivity contribution is -0.125. The molecule has 0 saturated carbocycles. The van der Waals surface area contributed by atoms with Crippen LogP contribution in [0.2, 0.25) is 0 Å². The van der Waals surface area contributed by atoms with Crippen LogP contribution in [-0.4, -0.2) is 38.0 Å². The topological polar surface area (TPSA) is 23.6 Å². The van der Waals surface area contributed by atoms with Crippen LogP contribution in [0.15, 0.2) is 30.3 Å². The van der Waals surface area contributed by atoms with Gasteiger partial charge in [0, 0.05) is 38.9 Å². The number of carbonyl (C=O) groups is 1. The minimum absolute atomic E-state index is 0.142. The van der Waals surface area contributed by atoms with E-state index in [2.05, 4.69) is 17.0 Å². The molecule has 3 nitrogen and oxygen atoms in total. The summed E-state index contributed by atoms with van der Waals surface area (Å²) in [6.45, 7) is 1.81. The summed E-state index contributed by atoms with van der Waals surface area (Å²) in [5.74, 6) is 0.142. The predicted molar refractivity (Wildman–Crippen MR) is 84.9 cm³/mol. The van der Waals surface area contributed by atoms with Crippen LogP contribution in [0.1, 0.15) is 31.2 Å². The first-order valence-corrected chi connectivity index (χ1v) is 7.41. The molecule has 0 bridgehead atoms. The van der Waals surface area contributed by atoms with E-state index in [9.17, 15) is 4.79 Å². The molecule has 2 rings (SSSR count). The molecule has 1 heterocycles. The van der Waals surface area contributed by atoms with Crippen LogP contribution >= 0.6 is 0 Å². The Hall–Kier alpha value is -1.77. The fraction of sp³-hybridized carbons (Fsp3) is 0.471. The summed E-state index contributed by atoms with van der Waals surface area (Å²) in [5.41, 5.74) is 2.24. The quantitative estimate of drug-likeness (QED) is 0.789. The van der Waals surface area contributed by atoms with E-state index in [1.807, 2.05) is 37.2 Å². The summed E-state index contributed by atoms with van der Waals surface area (Å²) in [4.78, 5) is 16.2. The molecule has 3 heteroatoms. The number of benzene rings is 1. The van der Waals surface area contributed by atoms with E-state index in [1.165, 1.54) is 18.5 Å². The Morgan fingerprint density at radius 2 is 1.65 bits per heavy atom. The van der Waals surface area contributed by atoms with Crippen LogP contribution in [0.3, 0.4) is 0 Å². The van der Waals surface area contributed by atoms with Gasteiger partial charge in [0.15, 0.2) is 0 Å². The lowest BCUT2D eigenvalue weighted by atomic mass is 10.2. The first kappa shape index (κ1) is 14.6. The Balaban J connectivity index is 1.95. The van der Waals surface area contributed by atoms with Gasteiger partial charge in [0.2, 0.25) is 5.91 Å². The maximum Gasteiger partial charge on any atom is 0.246 e. The molecule has 1 aromatic rings. The van der Waals surface area contributed by atoms with Gasteiger partial charge in [0.25, 0.3) is 0 Å².